The highest BCUT2D eigenvalue weighted by atomic mass is 79.9. The van der Waals surface area contributed by atoms with Crippen molar-refractivity contribution < 1.29 is 0 Å². The van der Waals surface area contributed by atoms with E-state index in [0.29, 0.717) is 10.0 Å². The predicted molar refractivity (Wildman–Crippen MR) is 90.0 cm³/mol. The number of pyridine rings is 1. The van der Waals surface area contributed by atoms with Gasteiger partial charge in [-0.2, -0.15) is 5.10 Å². The monoisotopic (exact) mass is 390 g/mol. The maximum atomic E-state index is 6.26. The van der Waals surface area contributed by atoms with Crippen molar-refractivity contribution in [3.63, 3.8) is 0 Å². The zero-order chi connectivity index (χ0) is 15.6. The van der Waals surface area contributed by atoms with Crippen LogP contribution in [-0.2, 0) is 19.9 Å². The molecule has 7 heteroatoms. The third-order valence-electron chi connectivity index (χ3n) is 3.42. The molecule has 0 bridgehead atoms. The Morgan fingerprint density at radius 3 is 2.67 bits per heavy atom. The number of halogens is 3. The molecule has 1 atom stereocenters. The lowest BCUT2D eigenvalue weighted by Gasteiger charge is -2.17. The minimum absolute atomic E-state index is 0.00817. The van der Waals surface area contributed by atoms with E-state index < -0.39 is 0 Å². The van der Waals surface area contributed by atoms with Gasteiger partial charge >= 0.3 is 0 Å². The first-order valence-electron chi connectivity index (χ1n) is 6.66. The molecule has 0 radical (unpaired) electrons. The van der Waals surface area contributed by atoms with Crippen molar-refractivity contribution in [2.45, 2.75) is 25.8 Å². The van der Waals surface area contributed by atoms with Gasteiger partial charge in [0.25, 0.3) is 0 Å². The predicted octanol–water partition coefficient (Wildman–Crippen LogP) is 3.95. The maximum absolute atomic E-state index is 6.26. The van der Waals surface area contributed by atoms with Crippen LogP contribution in [0.1, 0.15) is 30.0 Å². The molecule has 0 aliphatic rings. The average Bonchev–Trinajstić information content (AvgIpc) is 2.72. The van der Waals surface area contributed by atoms with Gasteiger partial charge < -0.3 is 5.32 Å². The summed E-state index contributed by atoms with van der Waals surface area (Å²) in [6, 6.07) is 1.71. The fourth-order valence-corrected chi connectivity index (χ4v) is 3.54. The SMILES string of the molecule is CCc1nn(C)c(CC(NC)c2ncc(Cl)cc2Cl)c1Br. The van der Waals surface area contributed by atoms with Gasteiger partial charge in [-0.25, -0.2) is 0 Å². The summed E-state index contributed by atoms with van der Waals surface area (Å²) in [6.45, 7) is 2.09. The summed E-state index contributed by atoms with van der Waals surface area (Å²) in [6.07, 6.45) is 3.23. The molecule has 0 saturated carbocycles. The van der Waals surface area contributed by atoms with Crippen molar-refractivity contribution in [1.29, 1.82) is 0 Å². The lowest BCUT2D eigenvalue weighted by Crippen LogP contribution is -2.21. The molecule has 114 valence electrons. The van der Waals surface area contributed by atoms with Gasteiger partial charge in [0.2, 0.25) is 0 Å². The number of nitrogens with one attached hydrogen (secondary N) is 1. The van der Waals surface area contributed by atoms with Crippen molar-refractivity contribution in [2.75, 3.05) is 7.05 Å². The van der Waals surface area contributed by atoms with Gasteiger partial charge in [0.1, 0.15) is 0 Å². The topological polar surface area (TPSA) is 42.7 Å². The Morgan fingerprint density at radius 2 is 2.14 bits per heavy atom. The lowest BCUT2D eigenvalue weighted by atomic mass is 10.1. The van der Waals surface area contributed by atoms with Crippen molar-refractivity contribution >= 4 is 39.1 Å². The zero-order valence-electron chi connectivity index (χ0n) is 12.1. The smallest absolute Gasteiger partial charge is 0.0766 e. The van der Waals surface area contributed by atoms with Crippen LogP contribution >= 0.6 is 39.1 Å². The Hall–Kier alpha value is -0.620. The molecule has 0 aromatic carbocycles. The van der Waals surface area contributed by atoms with Gasteiger partial charge in [-0.1, -0.05) is 30.1 Å². The molecule has 21 heavy (non-hydrogen) atoms. The van der Waals surface area contributed by atoms with Crippen LogP contribution < -0.4 is 5.32 Å². The fourth-order valence-electron chi connectivity index (χ4n) is 2.25. The second-order valence-electron chi connectivity index (χ2n) is 4.75. The third kappa shape index (κ3) is 3.59. The Bertz CT molecular complexity index is 642. The van der Waals surface area contributed by atoms with Crippen LogP contribution in [-0.4, -0.2) is 21.8 Å². The van der Waals surface area contributed by atoms with Crippen molar-refractivity contribution in [3.8, 4) is 0 Å². The van der Waals surface area contributed by atoms with Gasteiger partial charge in [0, 0.05) is 19.7 Å². The zero-order valence-corrected chi connectivity index (χ0v) is 15.2. The van der Waals surface area contributed by atoms with Crippen LogP contribution in [0.4, 0.5) is 0 Å². The van der Waals surface area contributed by atoms with E-state index in [1.807, 2.05) is 18.8 Å². The Morgan fingerprint density at radius 1 is 1.43 bits per heavy atom. The molecule has 0 saturated heterocycles. The molecule has 0 aliphatic carbocycles. The average molecular weight is 392 g/mol. The first-order chi connectivity index (χ1) is 9.97. The molecular weight excluding hydrogens is 375 g/mol. The number of likely N-dealkylation sites (N-methyl/N-ethyl adjacent to an activating group) is 1. The fraction of sp³-hybridized carbons (Fsp3) is 0.429. The van der Waals surface area contributed by atoms with E-state index in [1.165, 1.54) is 0 Å². The molecule has 0 fully saturated rings. The van der Waals surface area contributed by atoms with Crippen molar-refractivity contribution in [2.24, 2.45) is 7.05 Å². The normalized spacial score (nSPS) is 12.7. The second-order valence-corrected chi connectivity index (χ2v) is 6.39. The standard InChI is InChI=1S/C14H17BrCl2N4/c1-4-10-13(15)12(21(3)20-10)6-11(18-2)14-9(17)5-8(16)7-19-14/h5,7,11,18H,4,6H2,1-3H3. The third-order valence-corrected chi connectivity index (χ3v) is 4.84. The van der Waals surface area contributed by atoms with Crippen LogP contribution in [0.3, 0.4) is 0 Å². The molecule has 4 nitrogen and oxygen atoms in total. The molecule has 0 spiro atoms. The molecule has 2 heterocycles. The van der Waals surface area contributed by atoms with Crippen LogP contribution in [0.25, 0.3) is 0 Å². The minimum atomic E-state index is -0.00817. The first-order valence-corrected chi connectivity index (χ1v) is 8.21. The number of rotatable bonds is 5. The van der Waals surface area contributed by atoms with Gasteiger partial charge in [-0.05, 0) is 35.5 Å². The second kappa shape index (κ2) is 7.09. The highest BCUT2D eigenvalue weighted by Gasteiger charge is 2.20. The molecule has 2 aromatic heterocycles. The number of nitrogens with zero attached hydrogens (tertiary/aromatic N) is 3. The first kappa shape index (κ1) is 16.7. The van der Waals surface area contributed by atoms with E-state index in [0.717, 1.165) is 34.4 Å². The van der Waals surface area contributed by atoms with Crippen molar-refractivity contribution in [1.82, 2.24) is 20.1 Å². The Kier molecular flexibility index (Phi) is 5.66. The summed E-state index contributed by atoms with van der Waals surface area (Å²) in [7, 11) is 3.84. The molecule has 2 rings (SSSR count). The molecule has 1 unspecified atom stereocenters. The van der Waals surface area contributed by atoms with E-state index in [9.17, 15) is 0 Å². The number of aromatic nitrogens is 3. The summed E-state index contributed by atoms with van der Waals surface area (Å²) in [5.74, 6) is 0. The lowest BCUT2D eigenvalue weighted by molar-refractivity contribution is 0.548. The van der Waals surface area contributed by atoms with E-state index in [1.54, 1.807) is 12.3 Å². The summed E-state index contributed by atoms with van der Waals surface area (Å²) in [5, 5.41) is 8.87. The van der Waals surface area contributed by atoms with E-state index >= 15 is 0 Å². The van der Waals surface area contributed by atoms with Gasteiger partial charge in [0.05, 0.1) is 37.6 Å². The van der Waals surface area contributed by atoms with Gasteiger partial charge in [0.15, 0.2) is 0 Å². The maximum Gasteiger partial charge on any atom is 0.0766 e. The van der Waals surface area contributed by atoms with Crippen LogP contribution in [0.2, 0.25) is 10.0 Å². The highest BCUT2D eigenvalue weighted by molar-refractivity contribution is 9.10. The minimum Gasteiger partial charge on any atom is -0.311 e. The summed E-state index contributed by atoms with van der Waals surface area (Å²) in [5.41, 5.74) is 2.95. The van der Waals surface area contributed by atoms with E-state index in [4.69, 9.17) is 23.2 Å². The molecule has 1 N–H and O–H groups in total. The molecule has 0 aliphatic heterocycles. The van der Waals surface area contributed by atoms with Crippen molar-refractivity contribution in [3.05, 3.63) is 43.9 Å². The van der Waals surface area contributed by atoms with Crippen LogP contribution in [0.15, 0.2) is 16.7 Å². The summed E-state index contributed by atoms with van der Waals surface area (Å²) in [4.78, 5) is 4.36. The highest BCUT2D eigenvalue weighted by Crippen LogP contribution is 2.29. The number of aryl methyl sites for hydroxylation is 2. The Labute approximate surface area is 143 Å². The van der Waals surface area contributed by atoms with Gasteiger partial charge in [-0.3, -0.25) is 9.67 Å². The Balaban J connectivity index is 2.33. The largest absolute Gasteiger partial charge is 0.311 e. The summed E-state index contributed by atoms with van der Waals surface area (Å²) < 4.78 is 2.95. The summed E-state index contributed by atoms with van der Waals surface area (Å²) >= 11 is 15.8. The molecule has 0 amide bonds. The number of hydrogen-bond acceptors (Lipinski definition) is 3. The molecule has 2 aromatic rings. The van der Waals surface area contributed by atoms with Crippen LogP contribution in [0.5, 0.6) is 0 Å². The quantitative estimate of drug-likeness (QED) is 0.838. The van der Waals surface area contributed by atoms with Gasteiger partial charge in [-0.15, -0.1) is 0 Å². The van der Waals surface area contributed by atoms with E-state index in [2.05, 4.69) is 38.3 Å². The number of hydrogen-bond donors (Lipinski definition) is 1. The van der Waals surface area contributed by atoms with E-state index in [-0.39, 0.29) is 6.04 Å². The van der Waals surface area contributed by atoms with Crippen LogP contribution in [0, 0.1) is 0 Å². The molecular formula is C14H17BrCl2N4.